The molecule has 0 aromatic carbocycles. The minimum atomic E-state index is -0.686. The Hall–Kier alpha value is -3.37. The molecule has 0 saturated carbocycles. The number of hydrogen-bond acceptors (Lipinski definition) is 8. The molecule has 0 atom stereocenters. The second kappa shape index (κ2) is 11.7. The second-order valence-electron chi connectivity index (χ2n) is 9.77. The SMILES string of the molecule is CN(CC(=O)OCc1cccnc1N(C)C(=O)CN(C)C(=O)OC(C)(C)C)C(=O)OC(C)(C)C. The average molecular weight is 481 g/mol. The van der Waals surface area contributed by atoms with E-state index in [1.165, 1.54) is 37.1 Å². The van der Waals surface area contributed by atoms with Gasteiger partial charge in [0.1, 0.15) is 36.7 Å². The van der Waals surface area contributed by atoms with Gasteiger partial charge >= 0.3 is 18.2 Å². The van der Waals surface area contributed by atoms with Crippen molar-refractivity contribution in [2.45, 2.75) is 59.4 Å². The van der Waals surface area contributed by atoms with Crippen LogP contribution in [0.5, 0.6) is 0 Å². The quantitative estimate of drug-likeness (QED) is 0.432. The predicted molar refractivity (Wildman–Crippen MR) is 125 cm³/mol. The van der Waals surface area contributed by atoms with Crippen molar-refractivity contribution in [2.75, 3.05) is 39.1 Å². The van der Waals surface area contributed by atoms with Gasteiger partial charge in [-0.1, -0.05) is 6.07 Å². The molecule has 11 nitrogen and oxygen atoms in total. The molecule has 1 rings (SSSR count). The van der Waals surface area contributed by atoms with Gasteiger partial charge in [0.05, 0.1) is 0 Å². The number of nitrogens with zero attached hydrogens (tertiary/aromatic N) is 4. The Kier molecular flexibility index (Phi) is 9.83. The Morgan fingerprint density at radius 3 is 1.85 bits per heavy atom. The molecule has 0 spiro atoms. The van der Waals surface area contributed by atoms with Crippen LogP contribution in [-0.4, -0.2) is 84.3 Å². The number of ether oxygens (including phenoxy) is 3. The highest BCUT2D eigenvalue weighted by molar-refractivity contribution is 5.95. The summed E-state index contributed by atoms with van der Waals surface area (Å²) in [6.07, 6.45) is 0.225. The summed E-state index contributed by atoms with van der Waals surface area (Å²) >= 11 is 0. The van der Waals surface area contributed by atoms with Crippen LogP contribution in [0.3, 0.4) is 0 Å². The monoisotopic (exact) mass is 480 g/mol. The molecule has 0 bridgehead atoms. The van der Waals surface area contributed by atoms with Crippen molar-refractivity contribution in [2.24, 2.45) is 0 Å². The lowest BCUT2D eigenvalue weighted by atomic mass is 10.2. The van der Waals surface area contributed by atoms with Gasteiger partial charge in [-0.25, -0.2) is 14.6 Å². The van der Waals surface area contributed by atoms with Crippen LogP contribution >= 0.6 is 0 Å². The number of amides is 3. The van der Waals surface area contributed by atoms with Gasteiger partial charge in [0.25, 0.3) is 0 Å². The number of carbonyl (C=O) groups is 4. The fourth-order valence-corrected chi connectivity index (χ4v) is 2.48. The maximum atomic E-state index is 12.7. The van der Waals surface area contributed by atoms with E-state index in [-0.39, 0.29) is 25.5 Å². The fraction of sp³-hybridized carbons (Fsp3) is 0.609. The summed E-state index contributed by atoms with van der Waals surface area (Å²) in [5, 5.41) is 0. The van der Waals surface area contributed by atoms with Crippen LogP contribution in [0, 0.1) is 0 Å². The Balaban J connectivity index is 2.75. The Morgan fingerprint density at radius 1 is 0.853 bits per heavy atom. The molecule has 0 aliphatic rings. The topological polar surface area (TPSA) is 119 Å². The summed E-state index contributed by atoms with van der Waals surface area (Å²) in [5.74, 6) is -0.788. The lowest BCUT2D eigenvalue weighted by molar-refractivity contribution is -0.145. The van der Waals surface area contributed by atoms with Crippen LogP contribution < -0.4 is 4.90 Å². The highest BCUT2D eigenvalue weighted by atomic mass is 16.6. The molecule has 1 aromatic rings. The molecule has 1 aromatic heterocycles. The number of hydrogen-bond donors (Lipinski definition) is 0. The van der Waals surface area contributed by atoms with Crippen LogP contribution in [0.2, 0.25) is 0 Å². The molecule has 190 valence electrons. The van der Waals surface area contributed by atoms with E-state index in [0.29, 0.717) is 5.56 Å². The third kappa shape index (κ3) is 10.1. The molecule has 34 heavy (non-hydrogen) atoms. The van der Waals surface area contributed by atoms with Crippen molar-refractivity contribution in [1.29, 1.82) is 0 Å². The summed E-state index contributed by atoms with van der Waals surface area (Å²) in [6, 6.07) is 3.30. The summed E-state index contributed by atoms with van der Waals surface area (Å²) in [7, 11) is 4.40. The van der Waals surface area contributed by atoms with E-state index in [1.54, 1.807) is 53.7 Å². The predicted octanol–water partition coefficient (Wildman–Crippen LogP) is 2.82. The third-order valence-electron chi connectivity index (χ3n) is 4.10. The van der Waals surface area contributed by atoms with Gasteiger partial charge in [-0.3, -0.25) is 14.5 Å². The van der Waals surface area contributed by atoms with Crippen molar-refractivity contribution in [3.8, 4) is 0 Å². The van der Waals surface area contributed by atoms with Gasteiger partial charge in [0.15, 0.2) is 0 Å². The highest BCUT2D eigenvalue weighted by Gasteiger charge is 2.25. The molecule has 0 aliphatic carbocycles. The number of aromatic nitrogens is 1. The Bertz CT molecular complexity index is 890. The van der Waals surface area contributed by atoms with Crippen LogP contribution in [-0.2, 0) is 30.4 Å². The van der Waals surface area contributed by atoms with Crippen molar-refractivity contribution in [1.82, 2.24) is 14.8 Å². The molecule has 0 saturated heterocycles. The molecule has 0 N–H and O–H groups in total. The molecular weight excluding hydrogens is 444 g/mol. The van der Waals surface area contributed by atoms with Gasteiger partial charge < -0.3 is 24.0 Å². The second-order valence-corrected chi connectivity index (χ2v) is 9.77. The first-order valence-electron chi connectivity index (χ1n) is 10.7. The highest BCUT2D eigenvalue weighted by Crippen LogP contribution is 2.18. The maximum Gasteiger partial charge on any atom is 0.410 e. The zero-order valence-corrected chi connectivity index (χ0v) is 21.5. The van der Waals surface area contributed by atoms with Crippen molar-refractivity contribution < 1.29 is 33.4 Å². The van der Waals surface area contributed by atoms with Gasteiger partial charge in [0, 0.05) is 32.9 Å². The van der Waals surface area contributed by atoms with Gasteiger partial charge in [-0.15, -0.1) is 0 Å². The standard InChI is InChI=1S/C23H36N4O7/c1-22(2,3)33-20(30)25(7)13-17(28)27(9)19-16(11-10-12-24-19)15-32-18(29)14-26(8)21(31)34-23(4,5)6/h10-12H,13-15H2,1-9H3. The van der Waals surface area contributed by atoms with Crippen LogP contribution in [0.1, 0.15) is 47.1 Å². The lowest BCUT2D eigenvalue weighted by Crippen LogP contribution is -2.42. The van der Waals surface area contributed by atoms with E-state index < -0.39 is 35.3 Å². The zero-order valence-electron chi connectivity index (χ0n) is 21.5. The lowest BCUT2D eigenvalue weighted by Gasteiger charge is -2.26. The molecule has 1 heterocycles. The summed E-state index contributed by atoms with van der Waals surface area (Å²) in [4.78, 5) is 56.8. The average Bonchev–Trinajstić information content (AvgIpc) is 2.69. The third-order valence-corrected chi connectivity index (χ3v) is 4.10. The Morgan fingerprint density at radius 2 is 1.35 bits per heavy atom. The van der Waals surface area contributed by atoms with Crippen molar-refractivity contribution in [3.05, 3.63) is 23.9 Å². The number of pyridine rings is 1. The van der Waals surface area contributed by atoms with E-state index in [9.17, 15) is 19.2 Å². The van der Waals surface area contributed by atoms with Gasteiger partial charge in [0.2, 0.25) is 5.91 Å². The number of rotatable bonds is 7. The number of esters is 1. The maximum absolute atomic E-state index is 12.7. The van der Waals surface area contributed by atoms with Gasteiger partial charge in [-0.2, -0.15) is 0 Å². The van der Waals surface area contributed by atoms with E-state index in [0.717, 1.165) is 4.90 Å². The molecule has 11 heteroatoms. The fourth-order valence-electron chi connectivity index (χ4n) is 2.48. The van der Waals surface area contributed by atoms with E-state index >= 15 is 0 Å². The number of likely N-dealkylation sites (N-methyl/N-ethyl adjacent to an activating group) is 3. The minimum Gasteiger partial charge on any atom is -0.459 e. The zero-order chi connectivity index (χ0) is 26.3. The first kappa shape index (κ1) is 28.7. The molecule has 0 aliphatic heterocycles. The normalized spacial score (nSPS) is 11.3. The van der Waals surface area contributed by atoms with E-state index in [2.05, 4.69) is 4.98 Å². The van der Waals surface area contributed by atoms with E-state index in [4.69, 9.17) is 14.2 Å². The molecule has 0 unspecified atom stereocenters. The first-order chi connectivity index (χ1) is 15.5. The molecule has 0 fully saturated rings. The van der Waals surface area contributed by atoms with Crippen molar-refractivity contribution >= 4 is 29.9 Å². The summed E-state index contributed by atoms with van der Waals surface area (Å²) < 4.78 is 15.7. The van der Waals surface area contributed by atoms with Crippen LogP contribution in [0.4, 0.5) is 15.4 Å². The van der Waals surface area contributed by atoms with E-state index in [1.807, 2.05) is 0 Å². The van der Waals surface area contributed by atoms with Crippen LogP contribution in [0.25, 0.3) is 0 Å². The smallest absolute Gasteiger partial charge is 0.410 e. The largest absolute Gasteiger partial charge is 0.459 e. The minimum absolute atomic E-state index is 0.163. The van der Waals surface area contributed by atoms with Crippen molar-refractivity contribution in [3.63, 3.8) is 0 Å². The number of anilines is 1. The summed E-state index contributed by atoms with van der Waals surface area (Å²) in [6.45, 7) is 9.68. The molecule has 3 amide bonds. The molecule has 0 radical (unpaired) electrons. The van der Waals surface area contributed by atoms with Gasteiger partial charge in [-0.05, 0) is 47.6 Å². The van der Waals surface area contributed by atoms with Crippen LogP contribution in [0.15, 0.2) is 18.3 Å². The first-order valence-corrected chi connectivity index (χ1v) is 10.7. The Labute approximate surface area is 200 Å². The number of carbonyl (C=O) groups excluding carboxylic acids is 4. The molecular formula is C23H36N4O7. The summed E-state index contributed by atoms with van der Waals surface area (Å²) in [5.41, 5.74) is -0.892.